The highest BCUT2D eigenvalue weighted by Gasteiger charge is 2.51. The van der Waals surface area contributed by atoms with Gasteiger partial charge < -0.3 is 5.32 Å². The molecule has 0 saturated carbocycles. The van der Waals surface area contributed by atoms with E-state index in [1.807, 2.05) is 91.0 Å². The number of hydrogen-bond donors (Lipinski definition) is 1. The summed E-state index contributed by atoms with van der Waals surface area (Å²) in [6, 6.07) is 28.3. The number of benzene rings is 3. The number of carbonyl (C=O) groups is 2. The second kappa shape index (κ2) is 8.66. The van der Waals surface area contributed by atoms with Crippen molar-refractivity contribution in [3.63, 3.8) is 0 Å². The first-order chi connectivity index (χ1) is 16.1. The Kier molecular flexibility index (Phi) is 5.40. The minimum atomic E-state index is -1.09. The zero-order chi connectivity index (χ0) is 22.7. The van der Waals surface area contributed by atoms with Crippen LogP contribution in [0.4, 0.5) is 4.79 Å². The van der Waals surface area contributed by atoms with E-state index in [1.54, 1.807) is 0 Å². The van der Waals surface area contributed by atoms with Crippen LogP contribution in [0.15, 0.2) is 91.0 Å². The van der Waals surface area contributed by atoms with Crippen molar-refractivity contribution < 1.29 is 9.59 Å². The van der Waals surface area contributed by atoms with Crippen LogP contribution in [0, 0.1) is 0 Å². The van der Waals surface area contributed by atoms with Gasteiger partial charge in [-0.2, -0.15) is 4.68 Å². The molecule has 8 nitrogen and oxygen atoms in total. The van der Waals surface area contributed by atoms with Crippen molar-refractivity contribution in [1.82, 2.24) is 30.4 Å². The van der Waals surface area contributed by atoms with Crippen molar-refractivity contribution in [2.75, 3.05) is 0 Å². The van der Waals surface area contributed by atoms with Crippen molar-refractivity contribution in [3.8, 4) is 5.69 Å². The van der Waals surface area contributed by atoms with Crippen LogP contribution in [0.25, 0.3) is 5.69 Å². The highest BCUT2D eigenvalue weighted by Crippen LogP contribution is 2.28. The Hall–Kier alpha value is -4.33. The lowest BCUT2D eigenvalue weighted by Crippen LogP contribution is -2.51. The number of imide groups is 1. The Morgan fingerprint density at radius 2 is 1.30 bits per heavy atom. The third kappa shape index (κ3) is 4.10. The Morgan fingerprint density at radius 3 is 1.88 bits per heavy atom. The van der Waals surface area contributed by atoms with E-state index in [0.29, 0.717) is 18.7 Å². The summed E-state index contributed by atoms with van der Waals surface area (Å²) in [5.74, 6) is 0.114. The lowest BCUT2D eigenvalue weighted by molar-refractivity contribution is -0.131. The summed E-state index contributed by atoms with van der Waals surface area (Å²) in [4.78, 5) is 28.1. The van der Waals surface area contributed by atoms with Gasteiger partial charge >= 0.3 is 6.03 Å². The van der Waals surface area contributed by atoms with Gasteiger partial charge in [-0.25, -0.2) is 4.79 Å². The van der Waals surface area contributed by atoms with Crippen LogP contribution >= 0.6 is 0 Å². The van der Waals surface area contributed by atoms with E-state index in [-0.39, 0.29) is 12.5 Å². The van der Waals surface area contributed by atoms with Crippen LogP contribution in [0.1, 0.15) is 17.0 Å². The molecule has 0 unspecified atom stereocenters. The van der Waals surface area contributed by atoms with Crippen LogP contribution in [-0.4, -0.2) is 42.6 Å². The van der Waals surface area contributed by atoms with Gasteiger partial charge in [0.15, 0.2) is 5.82 Å². The van der Waals surface area contributed by atoms with Crippen LogP contribution in [0.5, 0.6) is 0 Å². The number of nitrogens with one attached hydrogen (secondary N) is 1. The highest BCUT2D eigenvalue weighted by atomic mass is 16.2. The van der Waals surface area contributed by atoms with Crippen LogP contribution in [0.3, 0.4) is 0 Å². The normalized spacial score (nSPS) is 15.0. The molecule has 0 atom stereocenters. The van der Waals surface area contributed by atoms with Gasteiger partial charge in [0.05, 0.1) is 12.2 Å². The second-order valence-electron chi connectivity index (χ2n) is 8.07. The number of urea groups is 1. The summed E-state index contributed by atoms with van der Waals surface area (Å²) in [7, 11) is 0. The number of hydrogen-bond acceptors (Lipinski definition) is 5. The maximum Gasteiger partial charge on any atom is 0.325 e. The molecule has 4 aromatic rings. The van der Waals surface area contributed by atoms with Gasteiger partial charge in [0.2, 0.25) is 0 Å². The second-order valence-corrected chi connectivity index (χ2v) is 8.07. The highest BCUT2D eigenvalue weighted by molar-refractivity contribution is 6.07. The first kappa shape index (κ1) is 20.6. The molecule has 3 amide bonds. The van der Waals surface area contributed by atoms with Crippen molar-refractivity contribution in [2.45, 2.75) is 24.9 Å². The lowest BCUT2D eigenvalue weighted by atomic mass is 9.84. The molecule has 1 N–H and O–H groups in total. The molecule has 8 heteroatoms. The Morgan fingerprint density at radius 1 is 0.758 bits per heavy atom. The summed E-state index contributed by atoms with van der Waals surface area (Å²) >= 11 is 0. The van der Waals surface area contributed by atoms with Gasteiger partial charge in [0.25, 0.3) is 5.91 Å². The molecule has 3 aromatic carbocycles. The Bertz CT molecular complexity index is 1220. The van der Waals surface area contributed by atoms with E-state index in [0.717, 1.165) is 16.8 Å². The minimum absolute atomic E-state index is 0.0299. The van der Waals surface area contributed by atoms with Gasteiger partial charge in [0.1, 0.15) is 5.54 Å². The smallest absolute Gasteiger partial charge is 0.322 e. The maximum atomic E-state index is 13.8. The number of para-hydroxylation sites is 1. The quantitative estimate of drug-likeness (QED) is 0.448. The molecule has 164 valence electrons. The number of carbonyl (C=O) groups excluding carboxylic acids is 2. The first-order valence-corrected chi connectivity index (χ1v) is 10.7. The van der Waals surface area contributed by atoms with Gasteiger partial charge in [-0.15, -0.1) is 5.10 Å². The van der Waals surface area contributed by atoms with Gasteiger partial charge in [-0.05, 0) is 33.7 Å². The molecule has 1 saturated heterocycles. The van der Waals surface area contributed by atoms with E-state index in [9.17, 15) is 9.59 Å². The number of amides is 3. The number of nitrogens with zero attached hydrogens (tertiary/aromatic N) is 5. The summed E-state index contributed by atoms with van der Waals surface area (Å²) in [6.07, 6.45) is 0.765. The molecule has 33 heavy (non-hydrogen) atoms. The van der Waals surface area contributed by atoms with Crippen molar-refractivity contribution in [2.24, 2.45) is 0 Å². The fourth-order valence-electron chi connectivity index (χ4n) is 4.23. The largest absolute Gasteiger partial charge is 0.325 e. The predicted octanol–water partition coefficient (Wildman–Crippen LogP) is 2.94. The molecule has 1 fully saturated rings. The van der Waals surface area contributed by atoms with E-state index in [2.05, 4.69) is 20.8 Å². The molecule has 1 aliphatic heterocycles. The Labute approximate surface area is 190 Å². The van der Waals surface area contributed by atoms with E-state index < -0.39 is 11.6 Å². The van der Waals surface area contributed by atoms with Crippen molar-refractivity contribution >= 4 is 11.9 Å². The summed E-state index contributed by atoms with van der Waals surface area (Å²) in [6.45, 7) is -0.0299. The van der Waals surface area contributed by atoms with Crippen LogP contribution < -0.4 is 5.32 Å². The fraction of sp³-hybridized carbons (Fsp3) is 0.160. The molecular formula is C25H22N6O2. The average Bonchev–Trinajstić information content (AvgIpc) is 3.40. The maximum absolute atomic E-state index is 13.8. The van der Waals surface area contributed by atoms with Gasteiger partial charge in [-0.1, -0.05) is 78.9 Å². The molecular weight excluding hydrogens is 416 g/mol. The molecule has 0 radical (unpaired) electrons. The molecule has 1 aliphatic rings. The zero-order valence-corrected chi connectivity index (χ0v) is 17.8. The molecule has 2 heterocycles. The summed E-state index contributed by atoms with van der Waals surface area (Å²) in [5, 5.41) is 14.9. The monoisotopic (exact) mass is 438 g/mol. The number of rotatable bonds is 7. The van der Waals surface area contributed by atoms with E-state index >= 15 is 0 Å². The molecule has 0 spiro atoms. The fourth-order valence-corrected chi connectivity index (χ4v) is 4.23. The third-order valence-corrected chi connectivity index (χ3v) is 5.78. The minimum Gasteiger partial charge on any atom is -0.322 e. The molecule has 0 aliphatic carbocycles. The first-order valence-electron chi connectivity index (χ1n) is 10.7. The van der Waals surface area contributed by atoms with E-state index in [1.165, 1.54) is 9.58 Å². The van der Waals surface area contributed by atoms with Crippen molar-refractivity contribution in [3.05, 3.63) is 108 Å². The lowest BCUT2D eigenvalue weighted by Gasteiger charge is -2.27. The Balaban J connectivity index is 1.47. The SMILES string of the molecule is O=C1NC(Cc2ccccc2)(Cc2ccccc2)C(=O)N1Cc1nnnn1-c1ccccc1. The molecule has 0 bridgehead atoms. The van der Waals surface area contributed by atoms with Crippen LogP contribution in [0.2, 0.25) is 0 Å². The number of tetrazole rings is 1. The standard InChI is InChI=1S/C25H22N6O2/c32-23-25(16-19-10-4-1-5-11-19,17-20-12-6-2-7-13-20)26-24(33)30(23)18-22-27-28-29-31(22)21-14-8-3-9-15-21/h1-15H,16-18H2,(H,26,33). The number of aromatic nitrogens is 4. The average molecular weight is 438 g/mol. The van der Waals surface area contributed by atoms with E-state index in [4.69, 9.17) is 0 Å². The topological polar surface area (TPSA) is 93.0 Å². The zero-order valence-electron chi connectivity index (χ0n) is 17.8. The third-order valence-electron chi connectivity index (χ3n) is 5.78. The molecule has 1 aromatic heterocycles. The van der Waals surface area contributed by atoms with Gasteiger partial charge in [-0.3, -0.25) is 9.69 Å². The van der Waals surface area contributed by atoms with Crippen molar-refractivity contribution in [1.29, 1.82) is 0 Å². The summed E-state index contributed by atoms with van der Waals surface area (Å²) in [5.41, 5.74) is 1.60. The van der Waals surface area contributed by atoms with Crippen LogP contribution in [-0.2, 0) is 24.2 Å². The molecule has 5 rings (SSSR count). The summed E-state index contributed by atoms with van der Waals surface area (Å²) < 4.78 is 1.54. The van der Waals surface area contributed by atoms with Gasteiger partial charge in [0, 0.05) is 12.8 Å². The predicted molar refractivity (Wildman–Crippen MR) is 121 cm³/mol.